The molecule has 0 amide bonds. The molecule has 40 heavy (non-hydrogen) atoms. The molecule has 0 aliphatic carbocycles. The van der Waals surface area contributed by atoms with Crippen molar-refractivity contribution in [1.82, 2.24) is 0 Å². The van der Waals surface area contributed by atoms with E-state index in [1.54, 1.807) is 0 Å². The van der Waals surface area contributed by atoms with E-state index in [0.717, 1.165) is 0 Å². The molecule has 4 rings (SSSR count). The number of aliphatic hydroxyl groups excluding tert-OH is 11. The van der Waals surface area contributed by atoms with Gasteiger partial charge in [0.25, 0.3) is 0 Å². The minimum Gasteiger partial charge on any atom is -0.394 e. The van der Waals surface area contributed by atoms with Gasteiger partial charge in [0.2, 0.25) is 0 Å². The molecule has 0 saturated carbocycles. The largest absolute Gasteiger partial charge is 0.394 e. The lowest BCUT2D eigenvalue weighted by molar-refractivity contribution is -0.384. The van der Waals surface area contributed by atoms with Crippen LogP contribution in [0, 0.1) is 0 Å². The Kier molecular flexibility index (Phi) is 10.7. The summed E-state index contributed by atoms with van der Waals surface area (Å²) in [5.74, 6) is 0. The molecule has 0 bridgehead atoms. The molecule has 0 aromatic heterocycles. The van der Waals surface area contributed by atoms with E-state index in [0.29, 0.717) is 0 Å². The molecule has 4 heterocycles. The maximum atomic E-state index is 10.8. The average Bonchev–Trinajstić information content (AvgIpc) is 2.93. The fourth-order valence-electron chi connectivity index (χ4n) is 4.94. The van der Waals surface area contributed by atoms with E-state index in [1.165, 1.54) is 6.92 Å². The first-order valence-corrected chi connectivity index (χ1v) is 12.8. The molecule has 18 heteroatoms. The molecule has 18 nitrogen and oxygen atoms in total. The van der Waals surface area contributed by atoms with E-state index in [1.807, 2.05) is 0 Å². The van der Waals surface area contributed by atoms with Gasteiger partial charge in [-0.05, 0) is 6.92 Å². The Morgan fingerprint density at radius 1 is 0.550 bits per heavy atom. The standard InChI is InChI=1S/C22H38O18/c1-5-16(38-20-12(29)9(26)6(24)3-34-20)11(28)14(31)22(36-5)39-17-8(2-23)37-19(33)15(32)18(17)40-21-13(30)10(27)7(25)4-35-21/h5-33H,2-4H2,1H3/t5-,6+,7+,8+,9-,10-,11-,12+,13+,14+,15+,16-,17+,18+,19?,20-,21-,22-/m0/s1. The fourth-order valence-corrected chi connectivity index (χ4v) is 4.94. The van der Waals surface area contributed by atoms with Gasteiger partial charge in [-0.2, -0.15) is 0 Å². The zero-order valence-corrected chi connectivity index (χ0v) is 21.3. The summed E-state index contributed by atoms with van der Waals surface area (Å²) in [6.07, 6.45) is -28.6. The third-order valence-electron chi connectivity index (χ3n) is 7.37. The van der Waals surface area contributed by atoms with Crippen LogP contribution in [-0.4, -0.2) is 187 Å². The van der Waals surface area contributed by atoms with Gasteiger partial charge in [0.1, 0.15) is 79.4 Å². The van der Waals surface area contributed by atoms with Crippen molar-refractivity contribution in [1.29, 1.82) is 0 Å². The molecule has 4 aliphatic rings. The second-order valence-electron chi connectivity index (χ2n) is 10.2. The van der Waals surface area contributed by atoms with Crippen LogP contribution in [0.15, 0.2) is 0 Å². The Labute approximate surface area is 227 Å². The van der Waals surface area contributed by atoms with Crippen LogP contribution in [0.1, 0.15) is 6.92 Å². The van der Waals surface area contributed by atoms with Gasteiger partial charge in [0.15, 0.2) is 25.2 Å². The van der Waals surface area contributed by atoms with Gasteiger partial charge in [-0.3, -0.25) is 0 Å². The van der Waals surface area contributed by atoms with Crippen LogP contribution in [0.5, 0.6) is 0 Å². The van der Waals surface area contributed by atoms with Crippen molar-refractivity contribution in [2.75, 3.05) is 19.8 Å². The van der Waals surface area contributed by atoms with Gasteiger partial charge in [-0.25, -0.2) is 0 Å². The lowest BCUT2D eigenvalue weighted by Gasteiger charge is -2.48. The molecule has 4 saturated heterocycles. The highest BCUT2D eigenvalue weighted by molar-refractivity contribution is 4.96. The van der Waals surface area contributed by atoms with Crippen LogP contribution in [0.3, 0.4) is 0 Å². The molecular weight excluding hydrogens is 552 g/mol. The molecule has 234 valence electrons. The highest BCUT2D eigenvalue weighted by atomic mass is 16.8. The number of hydrogen-bond acceptors (Lipinski definition) is 18. The SMILES string of the molecule is C[C@@H]1O[C@@H](O[C@H]2[C@H](O[C@@H]3OC[C@@H](O)[C@H](O)[C@H]3O)[C@@H](O)C(O)O[C@@H]2CO)[C@H](O)[C@H](O)[C@H]1O[C@@H]1OC[C@@H](O)[C@H](O)[C@H]1O. The Hall–Kier alpha value is -0.720. The minimum absolute atomic E-state index is 0.371. The zero-order chi connectivity index (χ0) is 29.5. The van der Waals surface area contributed by atoms with Gasteiger partial charge >= 0.3 is 0 Å². The predicted octanol–water partition coefficient (Wildman–Crippen LogP) is -7.44. The highest BCUT2D eigenvalue weighted by Crippen LogP contribution is 2.33. The lowest BCUT2D eigenvalue weighted by Crippen LogP contribution is -2.66. The van der Waals surface area contributed by atoms with Gasteiger partial charge in [-0.1, -0.05) is 0 Å². The number of hydrogen-bond donors (Lipinski definition) is 11. The molecule has 0 spiro atoms. The normalized spacial score (nSPS) is 54.3. The summed E-state index contributed by atoms with van der Waals surface area (Å²) < 4.78 is 38.1. The number of ether oxygens (including phenoxy) is 7. The Balaban J connectivity index is 1.47. The third-order valence-corrected chi connectivity index (χ3v) is 7.37. The van der Waals surface area contributed by atoms with Crippen LogP contribution >= 0.6 is 0 Å². The van der Waals surface area contributed by atoms with Crippen LogP contribution in [0.2, 0.25) is 0 Å². The quantitative estimate of drug-likeness (QED) is 0.131. The molecule has 18 atom stereocenters. The van der Waals surface area contributed by atoms with Crippen molar-refractivity contribution in [3.8, 4) is 0 Å². The summed E-state index contributed by atoms with van der Waals surface area (Å²) in [6, 6.07) is 0. The smallest absolute Gasteiger partial charge is 0.187 e. The first-order chi connectivity index (χ1) is 18.8. The summed E-state index contributed by atoms with van der Waals surface area (Å²) >= 11 is 0. The van der Waals surface area contributed by atoms with Crippen molar-refractivity contribution in [2.24, 2.45) is 0 Å². The topological polar surface area (TPSA) is 287 Å². The van der Waals surface area contributed by atoms with Crippen LogP contribution in [0.25, 0.3) is 0 Å². The van der Waals surface area contributed by atoms with Crippen molar-refractivity contribution in [3.05, 3.63) is 0 Å². The Bertz CT molecular complexity index is 808. The molecule has 4 aliphatic heterocycles. The Morgan fingerprint density at radius 2 is 1.02 bits per heavy atom. The Morgan fingerprint density at radius 3 is 1.55 bits per heavy atom. The summed E-state index contributed by atoms with van der Waals surface area (Å²) in [5.41, 5.74) is 0. The van der Waals surface area contributed by atoms with Gasteiger partial charge in [0, 0.05) is 0 Å². The monoisotopic (exact) mass is 590 g/mol. The summed E-state index contributed by atoms with van der Waals surface area (Å²) in [6.45, 7) is -0.181. The van der Waals surface area contributed by atoms with Crippen molar-refractivity contribution >= 4 is 0 Å². The van der Waals surface area contributed by atoms with Crippen LogP contribution in [-0.2, 0) is 33.2 Å². The van der Waals surface area contributed by atoms with E-state index >= 15 is 0 Å². The zero-order valence-electron chi connectivity index (χ0n) is 21.3. The van der Waals surface area contributed by atoms with E-state index in [9.17, 15) is 56.2 Å². The molecule has 11 N–H and O–H groups in total. The van der Waals surface area contributed by atoms with E-state index < -0.39 is 124 Å². The number of rotatable bonds is 7. The highest BCUT2D eigenvalue weighted by Gasteiger charge is 2.53. The lowest BCUT2D eigenvalue weighted by atomic mass is 9.96. The summed E-state index contributed by atoms with van der Waals surface area (Å²) in [5, 5.41) is 112. The van der Waals surface area contributed by atoms with Crippen LogP contribution < -0.4 is 0 Å². The van der Waals surface area contributed by atoms with Crippen molar-refractivity contribution < 1.29 is 89.3 Å². The number of aliphatic hydroxyl groups is 11. The van der Waals surface area contributed by atoms with Gasteiger partial charge < -0.3 is 89.3 Å². The predicted molar refractivity (Wildman–Crippen MR) is 120 cm³/mol. The van der Waals surface area contributed by atoms with Crippen molar-refractivity contribution in [2.45, 2.75) is 118 Å². The molecule has 1 unspecified atom stereocenters. The molecular formula is C22H38O18. The van der Waals surface area contributed by atoms with E-state index in [-0.39, 0.29) is 6.61 Å². The van der Waals surface area contributed by atoms with E-state index in [4.69, 9.17) is 33.2 Å². The fraction of sp³-hybridized carbons (Fsp3) is 1.00. The molecule has 0 aromatic rings. The van der Waals surface area contributed by atoms with Crippen LogP contribution in [0.4, 0.5) is 0 Å². The third kappa shape index (κ3) is 6.44. The second kappa shape index (κ2) is 13.3. The summed E-state index contributed by atoms with van der Waals surface area (Å²) in [7, 11) is 0. The second-order valence-corrected chi connectivity index (χ2v) is 10.2. The molecule has 4 fully saturated rings. The van der Waals surface area contributed by atoms with Gasteiger partial charge in [0.05, 0.1) is 25.9 Å². The van der Waals surface area contributed by atoms with E-state index in [2.05, 4.69) is 0 Å². The first-order valence-electron chi connectivity index (χ1n) is 12.8. The minimum atomic E-state index is -1.89. The van der Waals surface area contributed by atoms with Crippen molar-refractivity contribution in [3.63, 3.8) is 0 Å². The maximum Gasteiger partial charge on any atom is 0.187 e. The molecule has 0 aromatic carbocycles. The maximum absolute atomic E-state index is 10.8. The summed E-state index contributed by atoms with van der Waals surface area (Å²) in [4.78, 5) is 0. The van der Waals surface area contributed by atoms with Gasteiger partial charge in [-0.15, -0.1) is 0 Å². The first kappa shape index (κ1) is 32.2. The average molecular weight is 591 g/mol. The molecule has 0 radical (unpaired) electrons.